The van der Waals surface area contributed by atoms with Gasteiger partial charge in [-0.1, -0.05) is 17.7 Å². The van der Waals surface area contributed by atoms with Crippen LogP contribution >= 0.6 is 11.6 Å². The van der Waals surface area contributed by atoms with Crippen molar-refractivity contribution in [1.82, 2.24) is 25.5 Å². The van der Waals surface area contributed by atoms with E-state index in [-0.39, 0.29) is 6.04 Å². The third kappa shape index (κ3) is 3.73. The molecule has 0 aliphatic heterocycles. The van der Waals surface area contributed by atoms with E-state index in [2.05, 4.69) is 20.7 Å². The zero-order valence-corrected chi connectivity index (χ0v) is 11.5. The first kappa shape index (κ1) is 13.9. The van der Waals surface area contributed by atoms with E-state index in [1.54, 1.807) is 12.1 Å². The number of nitrogens with one attached hydrogen (secondary N) is 1. The van der Waals surface area contributed by atoms with E-state index in [1.165, 1.54) is 4.80 Å². The first-order chi connectivity index (χ1) is 9.20. The average Bonchev–Trinajstić information content (AvgIpc) is 2.88. The third-order valence-corrected chi connectivity index (χ3v) is 2.92. The van der Waals surface area contributed by atoms with E-state index in [1.807, 2.05) is 19.1 Å². The van der Waals surface area contributed by atoms with Crippen LogP contribution in [0, 0.1) is 0 Å². The summed E-state index contributed by atoms with van der Waals surface area (Å²) in [5.74, 6) is 0.650. The predicted molar refractivity (Wildman–Crippen MR) is 74.3 cm³/mol. The highest BCUT2D eigenvalue weighted by Crippen LogP contribution is 2.13. The normalized spacial score (nSPS) is 12.6. The van der Waals surface area contributed by atoms with Crippen LogP contribution in [-0.2, 0) is 0 Å². The molecular weight excluding hydrogens is 264 g/mol. The Morgan fingerprint density at radius 2 is 2.32 bits per heavy atom. The number of benzene rings is 1. The van der Waals surface area contributed by atoms with Gasteiger partial charge in [-0.05, 0) is 49.8 Å². The molecule has 0 spiro atoms. The molecule has 0 saturated heterocycles. The van der Waals surface area contributed by atoms with Crippen molar-refractivity contribution >= 4 is 11.6 Å². The Kier molecular flexibility index (Phi) is 4.84. The molecule has 6 nitrogen and oxygen atoms in total. The molecule has 0 radical (unpaired) electrons. The van der Waals surface area contributed by atoms with Gasteiger partial charge in [-0.2, -0.15) is 0 Å². The van der Waals surface area contributed by atoms with Gasteiger partial charge in [0.05, 0.1) is 11.7 Å². The van der Waals surface area contributed by atoms with Crippen molar-refractivity contribution in [3.8, 4) is 5.69 Å². The molecule has 0 bridgehead atoms. The van der Waals surface area contributed by atoms with Crippen LogP contribution in [0.15, 0.2) is 24.3 Å². The van der Waals surface area contributed by atoms with Gasteiger partial charge in [0, 0.05) is 5.02 Å². The summed E-state index contributed by atoms with van der Waals surface area (Å²) >= 11 is 5.94. The summed E-state index contributed by atoms with van der Waals surface area (Å²) in [5.41, 5.74) is 6.24. The molecule has 7 heteroatoms. The summed E-state index contributed by atoms with van der Waals surface area (Å²) in [7, 11) is 0. The van der Waals surface area contributed by atoms with Crippen molar-refractivity contribution in [3.05, 3.63) is 35.1 Å². The highest BCUT2D eigenvalue weighted by molar-refractivity contribution is 6.30. The minimum atomic E-state index is 0.0412. The van der Waals surface area contributed by atoms with E-state index in [0.29, 0.717) is 17.4 Å². The number of hydrogen-bond acceptors (Lipinski definition) is 5. The summed E-state index contributed by atoms with van der Waals surface area (Å²) in [4.78, 5) is 1.47. The monoisotopic (exact) mass is 280 g/mol. The zero-order valence-electron chi connectivity index (χ0n) is 10.8. The molecule has 0 amide bonds. The second kappa shape index (κ2) is 6.60. The van der Waals surface area contributed by atoms with Gasteiger partial charge >= 0.3 is 0 Å². The number of nitrogens with zero attached hydrogens (tertiary/aromatic N) is 4. The number of rotatable bonds is 6. The smallest absolute Gasteiger partial charge is 0.191 e. The summed E-state index contributed by atoms with van der Waals surface area (Å²) in [6, 6.07) is 7.37. The van der Waals surface area contributed by atoms with Crippen molar-refractivity contribution in [1.29, 1.82) is 0 Å². The van der Waals surface area contributed by atoms with Crippen LogP contribution in [0.4, 0.5) is 0 Å². The van der Waals surface area contributed by atoms with E-state index in [0.717, 1.165) is 18.7 Å². The van der Waals surface area contributed by atoms with Gasteiger partial charge in [0.25, 0.3) is 0 Å². The molecule has 0 aliphatic rings. The number of tetrazole rings is 1. The maximum atomic E-state index is 5.94. The minimum Gasteiger partial charge on any atom is -0.330 e. The summed E-state index contributed by atoms with van der Waals surface area (Å²) in [5, 5.41) is 16.4. The molecule has 1 heterocycles. The van der Waals surface area contributed by atoms with Gasteiger partial charge in [-0.25, -0.2) is 0 Å². The van der Waals surface area contributed by atoms with Crippen LogP contribution in [0.3, 0.4) is 0 Å². The van der Waals surface area contributed by atoms with E-state index in [9.17, 15) is 0 Å². The van der Waals surface area contributed by atoms with Crippen molar-refractivity contribution in [2.24, 2.45) is 5.73 Å². The van der Waals surface area contributed by atoms with Crippen molar-refractivity contribution < 1.29 is 0 Å². The highest BCUT2D eigenvalue weighted by atomic mass is 35.5. The number of aromatic nitrogens is 4. The first-order valence-corrected chi connectivity index (χ1v) is 6.58. The second-order valence-electron chi connectivity index (χ2n) is 4.23. The highest BCUT2D eigenvalue weighted by Gasteiger charge is 2.12. The van der Waals surface area contributed by atoms with E-state index >= 15 is 0 Å². The Balaban J connectivity index is 2.06. The number of halogens is 1. The molecule has 2 rings (SSSR count). The van der Waals surface area contributed by atoms with Gasteiger partial charge in [-0.3, -0.25) is 0 Å². The Morgan fingerprint density at radius 1 is 1.47 bits per heavy atom. The van der Waals surface area contributed by atoms with Crippen LogP contribution in [0.25, 0.3) is 5.69 Å². The minimum absolute atomic E-state index is 0.0412. The van der Waals surface area contributed by atoms with Crippen LogP contribution in [0.1, 0.15) is 25.2 Å². The van der Waals surface area contributed by atoms with Crippen molar-refractivity contribution in [2.45, 2.75) is 19.4 Å². The van der Waals surface area contributed by atoms with Crippen molar-refractivity contribution in [3.63, 3.8) is 0 Å². The topological polar surface area (TPSA) is 81.6 Å². The second-order valence-corrected chi connectivity index (χ2v) is 4.67. The van der Waals surface area contributed by atoms with Gasteiger partial charge in [-0.15, -0.1) is 15.0 Å². The molecule has 2 aromatic rings. The van der Waals surface area contributed by atoms with Crippen LogP contribution < -0.4 is 11.1 Å². The molecule has 19 heavy (non-hydrogen) atoms. The van der Waals surface area contributed by atoms with Crippen LogP contribution in [0.2, 0.25) is 5.02 Å². The molecule has 1 atom stereocenters. The molecule has 1 aromatic carbocycles. The standard InChI is InChI=1S/C12H17ClN6/c1-9(15-7-3-6-14)12-16-18-19(17-12)11-5-2-4-10(13)8-11/h2,4-5,8-9,15H,3,6-7,14H2,1H3/t9-/m1/s1. The lowest BCUT2D eigenvalue weighted by Crippen LogP contribution is -2.22. The molecule has 0 aliphatic carbocycles. The van der Waals surface area contributed by atoms with E-state index < -0.39 is 0 Å². The lowest BCUT2D eigenvalue weighted by Gasteiger charge is -2.08. The molecule has 102 valence electrons. The van der Waals surface area contributed by atoms with Gasteiger partial charge in [0.1, 0.15) is 0 Å². The predicted octanol–water partition coefficient (Wildman–Crippen LogP) is 1.32. The maximum absolute atomic E-state index is 5.94. The van der Waals surface area contributed by atoms with Gasteiger partial charge < -0.3 is 11.1 Å². The molecule has 0 fully saturated rings. The fraction of sp³-hybridized carbons (Fsp3) is 0.417. The fourth-order valence-electron chi connectivity index (χ4n) is 1.62. The molecule has 1 aromatic heterocycles. The summed E-state index contributed by atoms with van der Waals surface area (Å²) < 4.78 is 0. The largest absolute Gasteiger partial charge is 0.330 e. The molecule has 3 N–H and O–H groups in total. The summed E-state index contributed by atoms with van der Waals surface area (Å²) in [6.07, 6.45) is 0.923. The average molecular weight is 281 g/mol. The fourth-order valence-corrected chi connectivity index (χ4v) is 1.80. The summed E-state index contributed by atoms with van der Waals surface area (Å²) in [6.45, 7) is 3.50. The Labute approximate surface area is 116 Å². The zero-order chi connectivity index (χ0) is 13.7. The first-order valence-electron chi connectivity index (χ1n) is 6.20. The van der Waals surface area contributed by atoms with Crippen molar-refractivity contribution in [2.75, 3.05) is 13.1 Å². The maximum Gasteiger partial charge on any atom is 0.191 e. The Morgan fingerprint density at radius 3 is 3.05 bits per heavy atom. The lowest BCUT2D eigenvalue weighted by molar-refractivity contribution is 0.536. The van der Waals surface area contributed by atoms with Gasteiger partial charge in [0.2, 0.25) is 0 Å². The van der Waals surface area contributed by atoms with Crippen LogP contribution in [-0.4, -0.2) is 33.3 Å². The number of nitrogens with two attached hydrogens (primary N) is 1. The third-order valence-electron chi connectivity index (χ3n) is 2.69. The number of hydrogen-bond donors (Lipinski definition) is 2. The van der Waals surface area contributed by atoms with Gasteiger partial charge in [0.15, 0.2) is 5.82 Å². The van der Waals surface area contributed by atoms with E-state index in [4.69, 9.17) is 17.3 Å². The Hall–Kier alpha value is -1.50. The molecule has 0 unspecified atom stereocenters. The van der Waals surface area contributed by atoms with Crippen LogP contribution in [0.5, 0.6) is 0 Å². The molecular formula is C12H17ClN6. The molecule has 0 saturated carbocycles. The SMILES string of the molecule is C[C@@H](NCCCN)c1nnn(-c2cccc(Cl)c2)n1. The quantitative estimate of drug-likeness (QED) is 0.780. The Bertz CT molecular complexity index is 526. The lowest BCUT2D eigenvalue weighted by atomic mass is 10.3.